The molecule has 174 valence electrons. The summed E-state index contributed by atoms with van der Waals surface area (Å²) >= 11 is 1.49. The van der Waals surface area contributed by atoms with Gasteiger partial charge < -0.3 is 10.00 Å². The van der Waals surface area contributed by atoms with Gasteiger partial charge in [-0.1, -0.05) is 55.0 Å². The van der Waals surface area contributed by atoms with Crippen molar-refractivity contribution in [2.75, 3.05) is 6.54 Å². The van der Waals surface area contributed by atoms with Crippen molar-refractivity contribution in [2.24, 2.45) is 15.7 Å². The van der Waals surface area contributed by atoms with Gasteiger partial charge in [-0.3, -0.25) is 14.8 Å². The number of aliphatic imine (C=N–C) groups is 1. The normalized spacial score (nSPS) is 15.5. The van der Waals surface area contributed by atoms with Gasteiger partial charge >= 0.3 is 5.97 Å². The zero-order valence-corrected chi connectivity index (χ0v) is 20.2. The zero-order valence-electron chi connectivity index (χ0n) is 18.5. The number of rotatable bonds is 10. The SMILES string of the molecule is CC(C)[C@H](N=[P+]([O-])Cc1cccs1)C(=O)N([C@@H](Cc1ccccc1)C(=O)O)N1C=CN=CC1. The molecule has 1 aliphatic rings. The Morgan fingerprint density at radius 2 is 2.03 bits per heavy atom. The third-order valence-corrected chi connectivity index (χ3v) is 7.27. The fourth-order valence-electron chi connectivity index (χ4n) is 3.42. The van der Waals surface area contributed by atoms with Crippen molar-refractivity contribution in [1.29, 1.82) is 0 Å². The number of hydrogen-bond donors (Lipinski definition) is 1. The Morgan fingerprint density at radius 1 is 1.27 bits per heavy atom. The maximum atomic E-state index is 13.8. The standard InChI is InChI=1S/C23H27N4O4PS/c1-17(2)21(25-32(31)16-19-9-6-14-33-19)22(28)27(26-12-10-24-11-13-26)20(23(29)30)15-18-7-4-3-5-8-18/h3-12,14,17,20-21H,13,15-16H2,1-2H3,(H,29,30)/t20-,21-/m0/s1. The molecule has 8 nitrogen and oxygen atoms in total. The summed E-state index contributed by atoms with van der Waals surface area (Å²) in [6.45, 7) is 3.88. The molecule has 0 fully saturated rings. The van der Waals surface area contributed by atoms with Gasteiger partial charge in [0.1, 0.15) is 0 Å². The molecule has 2 aromatic rings. The van der Waals surface area contributed by atoms with Crippen molar-refractivity contribution in [1.82, 2.24) is 10.0 Å². The average Bonchev–Trinajstić information content (AvgIpc) is 3.31. The van der Waals surface area contributed by atoms with Gasteiger partial charge in [0.05, 0.1) is 11.4 Å². The second-order valence-corrected chi connectivity index (χ2v) is 10.2. The lowest BCUT2D eigenvalue weighted by atomic mass is 10.0. The Labute approximate surface area is 198 Å². The quantitative estimate of drug-likeness (QED) is 0.517. The number of carbonyl (C=O) groups is 2. The fraction of sp³-hybridized carbons (Fsp3) is 0.348. The molecule has 0 saturated heterocycles. The van der Waals surface area contributed by atoms with E-state index in [1.165, 1.54) is 27.6 Å². The Morgan fingerprint density at radius 3 is 2.61 bits per heavy atom. The first-order chi connectivity index (χ1) is 15.9. The lowest BCUT2D eigenvalue weighted by Gasteiger charge is -2.39. The molecular formula is C23H27N4O4PS. The van der Waals surface area contributed by atoms with E-state index >= 15 is 0 Å². The molecule has 1 unspecified atom stereocenters. The van der Waals surface area contributed by atoms with Gasteiger partial charge in [0.25, 0.3) is 5.91 Å². The van der Waals surface area contributed by atoms with Crippen LogP contribution in [0.25, 0.3) is 0 Å². The molecule has 10 heteroatoms. The summed E-state index contributed by atoms with van der Waals surface area (Å²) < 4.78 is 4.36. The highest BCUT2D eigenvalue weighted by molar-refractivity contribution is 7.39. The third kappa shape index (κ3) is 6.81. The minimum absolute atomic E-state index is 0.121. The highest BCUT2D eigenvalue weighted by atomic mass is 32.1. The molecule has 0 spiro atoms. The molecule has 0 aliphatic carbocycles. The predicted octanol–water partition coefficient (Wildman–Crippen LogP) is 3.51. The second kappa shape index (κ2) is 11.8. The highest BCUT2D eigenvalue weighted by Gasteiger charge is 2.39. The molecule has 1 aromatic heterocycles. The number of carbonyl (C=O) groups excluding carboxylic acids is 1. The first-order valence-electron chi connectivity index (χ1n) is 10.6. The van der Waals surface area contributed by atoms with E-state index in [0.29, 0.717) is 0 Å². The zero-order chi connectivity index (χ0) is 23.8. The minimum Gasteiger partial charge on any atom is -0.612 e. The summed E-state index contributed by atoms with van der Waals surface area (Å²) in [5.41, 5.74) is 0.791. The molecule has 1 amide bonds. The van der Waals surface area contributed by atoms with Gasteiger partial charge in [-0.25, -0.2) is 9.80 Å². The van der Waals surface area contributed by atoms with Crippen molar-refractivity contribution in [2.45, 2.75) is 38.5 Å². The lowest BCUT2D eigenvalue weighted by Crippen LogP contribution is -2.57. The van der Waals surface area contributed by atoms with E-state index in [1.807, 2.05) is 61.7 Å². The lowest BCUT2D eigenvalue weighted by molar-refractivity contribution is -0.165. The maximum absolute atomic E-state index is 13.8. The van der Waals surface area contributed by atoms with Crippen LogP contribution >= 0.6 is 19.3 Å². The maximum Gasteiger partial charge on any atom is 0.328 e. The number of nitrogens with zero attached hydrogens (tertiary/aromatic N) is 4. The summed E-state index contributed by atoms with van der Waals surface area (Å²) in [6, 6.07) is 10.8. The van der Waals surface area contributed by atoms with E-state index in [9.17, 15) is 19.6 Å². The molecule has 0 radical (unpaired) electrons. The fourth-order valence-corrected chi connectivity index (χ4v) is 5.64. The Bertz CT molecular complexity index is 1020. The van der Waals surface area contributed by atoms with Crippen LogP contribution in [0, 0.1) is 5.92 Å². The molecule has 1 aliphatic heterocycles. The largest absolute Gasteiger partial charge is 0.612 e. The van der Waals surface area contributed by atoms with E-state index in [-0.39, 0.29) is 25.0 Å². The molecule has 0 bridgehead atoms. The Balaban J connectivity index is 1.94. The molecule has 0 saturated carbocycles. The van der Waals surface area contributed by atoms with Crippen molar-refractivity contribution >= 4 is 37.4 Å². The summed E-state index contributed by atoms with van der Waals surface area (Å²) in [6.07, 6.45) is 5.05. The van der Waals surface area contributed by atoms with Crippen LogP contribution in [0.1, 0.15) is 24.3 Å². The van der Waals surface area contributed by atoms with Gasteiger partial charge in [-0.05, 0) is 22.9 Å². The molecule has 3 atom stereocenters. The number of aliphatic carboxylic acids is 1. The van der Waals surface area contributed by atoms with E-state index in [1.54, 1.807) is 12.4 Å². The smallest absolute Gasteiger partial charge is 0.328 e. The van der Waals surface area contributed by atoms with Crippen LogP contribution in [0.3, 0.4) is 0 Å². The number of hydrogen-bond acceptors (Lipinski definition) is 7. The number of benzene rings is 1. The van der Waals surface area contributed by atoms with Crippen LogP contribution in [0.5, 0.6) is 0 Å². The van der Waals surface area contributed by atoms with E-state index < -0.39 is 31.9 Å². The molecule has 3 rings (SSSR count). The van der Waals surface area contributed by atoms with Crippen LogP contribution in [0.4, 0.5) is 0 Å². The van der Waals surface area contributed by atoms with Crippen LogP contribution in [-0.2, 0) is 22.2 Å². The van der Waals surface area contributed by atoms with Gasteiger partial charge in [0.15, 0.2) is 26.2 Å². The summed E-state index contributed by atoms with van der Waals surface area (Å²) in [7, 11) is -2.03. The van der Waals surface area contributed by atoms with Crippen molar-refractivity contribution in [3.05, 3.63) is 70.7 Å². The molecular weight excluding hydrogens is 459 g/mol. The summed E-state index contributed by atoms with van der Waals surface area (Å²) in [4.78, 5) is 43.9. The monoisotopic (exact) mass is 486 g/mol. The molecule has 2 heterocycles. The van der Waals surface area contributed by atoms with E-state index in [0.717, 1.165) is 10.4 Å². The molecule has 1 aromatic carbocycles. The van der Waals surface area contributed by atoms with Gasteiger partial charge in [-0.15, -0.1) is 11.3 Å². The van der Waals surface area contributed by atoms with Crippen molar-refractivity contribution in [3.8, 4) is 0 Å². The van der Waals surface area contributed by atoms with Crippen LogP contribution in [0.2, 0.25) is 0 Å². The Kier molecular flexibility index (Phi) is 8.88. The van der Waals surface area contributed by atoms with Crippen molar-refractivity contribution in [3.63, 3.8) is 0 Å². The first-order valence-corrected chi connectivity index (χ1v) is 12.9. The molecule has 1 N–H and O–H groups in total. The number of amides is 1. The highest BCUT2D eigenvalue weighted by Crippen LogP contribution is 2.29. The number of carboxylic acids is 1. The van der Waals surface area contributed by atoms with Crippen molar-refractivity contribution < 1.29 is 19.6 Å². The predicted molar refractivity (Wildman–Crippen MR) is 129 cm³/mol. The van der Waals surface area contributed by atoms with E-state index in [2.05, 4.69) is 9.74 Å². The molecule has 33 heavy (non-hydrogen) atoms. The van der Waals surface area contributed by atoms with Gasteiger partial charge in [-0.2, -0.15) is 0 Å². The number of carboxylic acid groups (broad SMARTS) is 1. The summed E-state index contributed by atoms with van der Waals surface area (Å²) in [5.74, 6) is -1.90. The first kappa shape index (κ1) is 24.8. The topological polar surface area (TPSA) is 109 Å². The van der Waals surface area contributed by atoms with Crippen LogP contribution in [0.15, 0.2) is 70.0 Å². The van der Waals surface area contributed by atoms with Crippen LogP contribution < -0.4 is 4.89 Å². The average molecular weight is 487 g/mol. The van der Waals surface area contributed by atoms with Gasteiger partial charge in [0, 0.05) is 25.0 Å². The summed E-state index contributed by atoms with van der Waals surface area (Å²) in [5, 5.41) is 14.8. The van der Waals surface area contributed by atoms with Gasteiger partial charge in [0.2, 0.25) is 0 Å². The number of hydrazine groups is 1. The van der Waals surface area contributed by atoms with Crippen LogP contribution in [-0.4, -0.2) is 51.8 Å². The van der Waals surface area contributed by atoms with E-state index in [4.69, 9.17) is 0 Å². The number of thiophene rings is 1. The third-order valence-electron chi connectivity index (χ3n) is 5.06. The second-order valence-electron chi connectivity index (χ2n) is 7.87. The Hall–Kier alpha value is -2.87. The minimum atomic E-state index is -2.03.